The van der Waals surface area contributed by atoms with Crippen LogP contribution in [0.25, 0.3) is 0 Å². The Labute approximate surface area is 157 Å². The minimum Gasteiger partial charge on any atom is -0.460 e. The Morgan fingerprint density at radius 2 is 1.85 bits per heavy atom. The average molecular weight is 386 g/mol. The molecular formula is C20H25F3O4. The molecule has 0 unspecified atom stereocenters. The van der Waals surface area contributed by atoms with Gasteiger partial charge in [0.05, 0.1) is 11.1 Å². The van der Waals surface area contributed by atoms with Crippen LogP contribution in [0.4, 0.5) is 13.2 Å². The van der Waals surface area contributed by atoms with Crippen LogP contribution in [0.3, 0.4) is 0 Å². The van der Waals surface area contributed by atoms with Gasteiger partial charge in [-0.2, -0.15) is 13.2 Å². The van der Waals surface area contributed by atoms with Crippen LogP contribution < -0.4 is 0 Å². The zero-order valence-electron chi connectivity index (χ0n) is 15.7. The number of esters is 2. The molecule has 0 heterocycles. The van der Waals surface area contributed by atoms with Gasteiger partial charge in [-0.1, -0.05) is 39.3 Å². The highest BCUT2D eigenvalue weighted by Crippen LogP contribution is 2.35. The van der Waals surface area contributed by atoms with Crippen LogP contribution in [0.5, 0.6) is 0 Å². The largest absolute Gasteiger partial charge is 0.460 e. The molecule has 1 aliphatic rings. The number of carbonyl (C=O) groups excluding carboxylic acids is 2. The topological polar surface area (TPSA) is 52.6 Å². The van der Waals surface area contributed by atoms with E-state index in [-0.39, 0.29) is 12.0 Å². The minimum atomic E-state index is -4.68. The molecule has 1 fully saturated rings. The monoisotopic (exact) mass is 386 g/mol. The van der Waals surface area contributed by atoms with E-state index in [1.54, 1.807) is 0 Å². The van der Waals surface area contributed by atoms with Gasteiger partial charge in [-0.3, -0.25) is 0 Å². The third kappa shape index (κ3) is 5.71. The molecule has 0 aromatic heterocycles. The summed E-state index contributed by atoms with van der Waals surface area (Å²) >= 11 is 0. The molecule has 0 radical (unpaired) electrons. The van der Waals surface area contributed by atoms with Crippen molar-refractivity contribution in [2.75, 3.05) is 6.61 Å². The first-order valence-corrected chi connectivity index (χ1v) is 9.12. The number of hydrogen-bond acceptors (Lipinski definition) is 4. The normalized spacial score (nSPS) is 23.1. The molecule has 1 saturated carbocycles. The predicted octanol–water partition coefficient (Wildman–Crippen LogP) is 4.87. The van der Waals surface area contributed by atoms with Gasteiger partial charge in [-0.15, -0.1) is 0 Å². The first-order valence-electron chi connectivity index (χ1n) is 9.12. The highest BCUT2D eigenvalue weighted by atomic mass is 19.4. The molecule has 2 rings (SSSR count). The number of ether oxygens (including phenoxy) is 2. The molecule has 0 amide bonds. The number of carbonyl (C=O) groups is 2. The lowest BCUT2D eigenvalue weighted by atomic mass is 9.75. The fourth-order valence-corrected chi connectivity index (χ4v) is 3.56. The third-order valence-corrected chi connectivity index (χ3v) is 5.02. The van der Waals surface area contributed by atoms with Crippen molar-refractivity contribution in [2.45, 2.75) is 52.3 Å². The van der Waals surface area contributed by atoms with Gasteiger partial charge >= 0.3 is 18.1 Å². The first kappa shape index (κ1) is 21.3. The summed E-state index contributed by atoms with van der Waals surface area (Å²) in [6.45, 7) is 5.51. The maximum absolute atomic E-state index is 13.0. The van der Waals surface area contributed by atoms with Crippen LogP contribution in [-0.2, 0) is 20.4 Å². The van der Waals surface area contributed by atoms with Crippen LogP contribution >= 0.6 is 0 Å². The van der Waals surface area contributed by atoms with Crippen molar-refractivity contribution in [3.8, 4) is 0 Å². The molecule has 1 aliphatic carbocycles. The van der Waals surface area contributed by atoms with E-state index in [4.69, 9.17) is 9.47 Å². The Balaban J connectivity index is 1.96. The zero-order chi connectivity index (χ0) is 20.2. The van der Waals surface area contributed by atoms with Crippen molar-refractivity contribution < 1.29 is 32.2 Å². The number of benzene rings is 1. The van der Waals surface area contributed by atoms with Gasteiger partial charge in [0.15, 0.2) is 6.61 Å². The lowest BCUT2D eigenvalue weighted by molar-refractivity contribution is -0.159. The van der Waals surface area contributed by atoms with Gasteiger partial charge in [0.2, 0.25) is 0 Å². The van der Waals surface area contributed by atoms with Crippen molar-refractivity contribution in [1.29, 1.82) is 0 Å². The SMILES string of the molecule is CC(C)[C@@H]1CC[C@@H](C)C[C@@H]1OC(=O)COC(=O)c1ccccc1C(F)(F)F. The molecule has 4 nitrogen and oxygen atoms in total. The maximum Gasteiger partial charge on any atom is 0.417 e. The Bertz CT molecular complexity index is 669. The fourth-order valence-electron chi connectivity index (χ4n) is 3.56. The Morgan fingerprint density at radius 3 is 2.48 bits per heavy atom. The molecule has 7 heteroatoms. The third-order valence-electron chi connectivity index (χ3n) is 5.02. The second kappa shape index (κ2) is 8.76. The first-order chi connectivity index (χ1) is 12.6. The maximum atomic E-state index is 13.0. The van der Waals surface area contributed by atoms with Crippen molar-refractivity contribution in [2.24, 2.45) is 17.8 Å². The number of halogens is 3. The van der Waals surface area contributed by atoms with Gasteiger partial charge in [-0.05, 0) is 42.7 Å². The van der Waals surface area contributed by atoms with Crippen LogP contribution in [-0.4, -0.2) is 24.6 Å². The molecule has 0 spiro atoms. The Kier molecular flexibility index (Phi) is 6.89. The van der Waals surface area contributed by atoms with Gasteiger partial charge in [0.1, 0.15) is 6.10 Å². The van der Waals surface area contributed by atoms with E-state index in [0.717, 1.165) is 31.4 Å². The lowest BCUT2D eigenvalue weighted by Gasteiger charge is -2.36. The number of rotatable bonds is 5. The molecule has 1 aromatic carbocycles. The standard InChI is InChI=1S/C20H25F3O4/c1-12(2)14-9-8-13(3)10-17(14)27-18(24)11-26-19(25)15-6-4-5-7-16(15)20(21,22)23/h4-7,12-14,17H,8-11H2,1-3H3/t13-,14+,17+/m1/s1. The van der Waals surface area contributed by atoms with Crippen molar-refractivity contribution in [3.63, 3.8) is 0 Å². The molecule has 0 aliphatic heterocycles. The molecule has 0 N–H and O–H groups in total. The van der Waals surface area contributed by atoms with E-state index >= 15 is 0 Å². The fraction of sp³-hybridized carbons (Fsp3) is 0.600. The Hall–Kier alpha value is -2.05. The summed E-state index contributed by atoms with van der Waals surface area (Å²) in [6, 6.07) is 4.31. The van der Waals surface area contributed by atoms with E-state index in [1.807, 2.05) is 0 Å². The summed E-state index contributed by atoms with van der Waals surface area (Å²) in [4.78, 5) is 24.1. The van der Waals surface area contributed by atoms with Crippen LogP contribution in [0.1, 0.15) is 56.0 Å². The molecule has 150 valence electrons. The summed E-state index contributed by atoms with van der Waals surface area (Å²) in [5.74, 6) is -0.933. The average Bonchev–Trinajstić information content (AvgIpc) is 2.58. The molecule has 3 atom stereocenters. The Morgan fingerprint density at radius 1 is 1.19 bits per heavy atom. The van der Waals surface area contributed by atoms with Crippen molar-refractivity contribution >= 4 is 11.9 Å². The molecule has 0 bridgehead atoms. The summed E-state index contributed by atoms with van der Waals surface area (Å²) in [5, 5.41) is 0. The predicted molar refractivity (Wildman–Crippen MR) is 92.9 cm³/mol. The van der Waals surface area contributed by atoms with Gasteiger partial charge in [0, 0.05) is 0 Å². The van der Waals surface area contributed by atoms with E-state index in [2.05, 4.69) is 20.8 Å². The van der Waals surface area contributed by atoms with Crippen molar-refractivity contribution in [1.82, 2.24) is 0 Å². The zero-order valence-corrected chi connectivity index (χ0v) is 15.7. The second-order valence-corrected chi connectivity index (χ2v) is 7.47. The number of alkyl halides is 3. The van der Waals surface area contributed by atoms with E-state index in [9.17, 15) is 22.8 Å². The lowest BCUT2D eigenvalue weighted by Crippen LogP contribution is -2.36. The van der Waals surface area contributed by atoms with E-state index in [1.165, 1.54) is 12.1 Å². The van der Waals surface area contributed by atoms with Gasteiger partial charge in [-0.25, -0.2) is 9.59 Å². The van der Waals surface area contributed by atoms with Gasteiger partial charge in [0.25, 0.3) is 0 Å². The van der Waals surface area contributed by atoms with Crippen LogP contribution in [0.15, 0.2) is 24.3 Å². The molecular weight excluding hydrogens is 361 g/mol. The van der Waals surface area contributed by atoms with Crippen LogP contribution in [0.2, 0.25) is 0 Å². The molecule has 0 saturated heterocycles. The molecule has 1 aromatic rings. The highest BCUT2D eigenvalue weighted by molar-refractivity contribution is 5.92. The summed E-state index contributed by atoms with van der Waals surface area (Å²) < 4.78 is 49.2. The molecule has 27 heavy (non-hydrogen) atoms. The second-order valence-electron chi connectivity index (χ2n) is 7.47. The summed E-state index contributed by atoms with van der Waals surface area (Å²) in [7, 11) is 0. The van der Waals surface area contributed by atoms with E-state index in [0.29, 0.717) is 11.8 Å². The summed E-state index contributed by atoms with van der Waals surface area (Å²) in [5.41, 5.74) is -1.71. The highest BCUT2D eigenvalue weighted by Gasteiger charge is 2.36. The quantitative estimate of drug-likeness (QED) is 0.678. The smallest absolute Gasteiger partial charge is 0.417 e. The van der Waals surface area contributed by atoms with Crippen LogP contribution in [0, 0.1) is 17.8 Å². The number of hydrogen-bond donors (Lipinski definition) is 0. The van der Waals surface area contributed by atoms with Gasteiger partial charge < -0.3 is 9.47 Å². The minimum absolute atomic E-state index is 0.229. The van der Waals surface area contributed by atoms with E-state index < -0.39 is 35.8 Å². The summed E-state index contributed by atoms with van der Waals surface area (Å²) in [6.07, 6.45) is -2.18. The van der Waals surface area contributed by atoms with Crippen molar-refractivity contribution in [3.05, 3.63) is 35.4 Å².